The summed E-state index contributed by atoms with van der Waals surface area (Å²) in [4.78, 5) is 2.03. The van der Waals surface area contributed by atoms with Crippen LogP contribution >= 0.6 is 15.9 Å². The fourth-order valence-electron chi connectivity index (χ4n) is 0.668. The van der Waals surface area contributed by atoms with Gasteiger partial charge in [-0.1, -0.05) is 0 Å². The second kappa shape index (κ2) is 5.55. The molecule has 0 heterocycles. The zero-order chi connectivity index (χ0) is 8.81. The molecule has 0 aliphatic heterocycles. The van der Waals surface area contributed by atoms with E-state index in [0.717, 1.165) is 4.48 Å². The van der Waals surface area contributed by atoms with E-state index in [9.17, 15) is 0 Å². The number of benzene rings is 1. The molecule has 12 heavy (non-hydrogen) atoms. The molecule has 0 aliphatic carbocycles. The molecule has 0 aromatic heterocycles. The molecule has 0 atom stereocenters. The number of rotatable bonds is 3. The predicted molar refractivity (Wildman–Crippen MR) is 55.9 cm³/mol. The van der Waals surface area contributed by atoms with Crippen LogP contribution in [0.5, 0.6) is 0 Å². The first-order valence-corrected chi connectivity index (χ1v) is 6.14. The van der Waals surface area contributed by atoms with Crippen molar-refractivity contribution in [3.8, 4) is 0 Å². The molecule has 0 spiro atoms. The van der Waals surface area contributed by atoms with E-state index in [1.807, 2.05) is 23.2 Å². The van der Waals surface area contributed by atoms with E-state index in [2.05, 4.69) is 28.1 Å². The summed E-state index contributed by atoms with van der Waals surface area (Å²) < 4.78 is 2.18. The second-order valence-electron chi connectivity index (χ2n) is 2.15. The fourth-order valence-corrected chi connectivity index (χ4v) is 2.52. The molecule has 0 bridgehead atoms. The fraction of sp³-hybridized carbons (Fsp3) is 0.111. The van der Waals surface area contributed by atoms with Crippen molar-refractivity contribution in [2.24, 2.45) is 0 Å². The van der Waals surface area contributed by atoms with Crippen LogP contribution in [0, 0.1) is 0 Å². The van der Waals surface area contributed by atoms with Gasteiger partial charge in [0.05, 0.1) is 0 Å². The average Bonchev–Trinajstić information content (AvgIpc) is 2.16. The third-order valence-corrected chi connectivity index (χ3v) is 4.37. The number of aliphatic hydroxyl groups is 1. The van der Waals surface area contributed by atoms with E-state index in [1.54, 1.807) is 0 Å². The maximum atomic E-state index is 8.71. The van der Waals surface area contributed by atoms with Gasteiger partial charge in [-0.15, -0.1) is 0 Å². The molecule has 1 rings (SSSR count). The maximum absolute atomic E-state index is 8.71. The zero-order valence-corrected chi connectivity index (χ0v) is 9.70. The molecular formula is C9H9BrOSe. The van der Waals surface area contributed by atoms with Crippen molar-refractivity contribution < 1.29 is 5.11 Å². The second-order valence-corrected chi connectivity index (χ2v) is 5.15. The van der Waals surface area contributed by atoms with E-state index < -0.39 is 0 Å². The van der Waals surface area contributed by atoms with Crippen LogP contribution in [0.3, 0.4) is 0 Å². The Morgan fingerprint density at radius 2 is 2.08 bits per heavy atom. The van der Waals surface area contributed by atoms with Crippen LogP contribution in [-0.2, 0) is 0 Å². The molecule has 0 fully saturated rings. The SMILES string of the molecule is OC/C(Br)=C/[Se]c1ccccc1. The molecule has 1 aromatic rings. The molecule has 0 amide bonds. The predicted octanol–water partition coefficient (Wildman–Crippen LogP) is 1.24. The van der Waals surface area contributed by atoms with Crippen LogP contribution in [0.15, 0.2) is 39.8 Å². The number of hydrogen-bond donors (Lipinski definition) is 1. The average molecular weight is 292 g/mol. The van der Waals surface area contributed by atoms with Crippen molar-refractivity contribution in [2.75, 3.05) is 6.61 Å². The van der Waals surface area contributed by atoms with Crippen molar-refractivity contribution >= 4 is 35.3 Å². The van der Waals surface area contributed by atoms with Crippen molar-refractivity contribution in [3.63, 3.8) is 0 Å². The molecule has 64 valence electrons. The van der Waals surface area contributed by atoms with Crippen molar-refractivity contribution in [3.05, 3.63) is 39.8 Å². The topological polar surface area (TPSA) is 20.2 Å². The summed E-state index contributed by atoms with van der Waals surface area (Å²) in [6.45, 7) is 0.0918. The van der Waals surface area contributed by atoms with E-state index in [0.29, 0.717) is 15.0 Å². The number of aliphatic hydroxyl groups excluding tert-OH is 1. The normalized spacial score (nSPS) is 11.7. The monoisotopic (exact) mass is 292 g/mol. The van der Waals surface area contributed by atoms with Crippen molar-refractivity contribution in [2.45, 2.75) is 0 Å². The number of hydrogen-bond acceptors (Lipinski definition) is 1. The molecule has 1 N–H and O–H groups in total. The van der Waals surface area contributed by atoms with Gasteiger partial charge in [0.2, 0.25) is 0 Å². The van der Waals surface area contributed by atoms with Gasteiger partial charge in [-0.3, -0.25) is 0 Å². The molecule has 1 aromatic carbocycles. The Labute approximate surface area is 86.8 Å². The van der Waals surface area contributed by atoms with Gasteiger partial charge in [-0.2, -0.15) is 0 Å². The van der Waals surface area contributed by atoms with Crippen LogP contribution < -0.4 is 4.46 Å². The van der Waals surface area contributed by atoms with E-state index in [-0.39, 0.29) is 6.61 Å². The third kappa shape index (κ3) is 3.55. The quantitative estimate of drug-likeness (QED) is 0.831. The minimum atomic E-state index is 0.0918. The number of halogens is 1. The van der Waals surface area contributed by atoms with Crippen molar-refractivity contribution in [1.29, 1.82) is 0 Å². The molecule has 3 heteroatoms. The first-order chi connectivity index (χ1) is 5.83. The summed E-state index contributed by atoms with van der Waals surface area (Å²) in [6.07, 6.45) is 0. The molecular weight excluding hydrogens is 283 g/mol. The summed E-state index contributed by atoms with van der Waals surface area (Å²) in [6, 6.07) is 10.2. The Kier molecular flexibility index (Phi) is 4.62. The van der Waals surface area contributed by atoms with Crippen LogP contribution in [0.4, 0.5) is 0 Å². The first kappa shape index (κ1) is 10.0. The molecule has 0 saturated carbocycles. The van der Waals surface area contributed by atoms with Crippen molar-refractivity contribution in [1.82, 2.24) is 0 Å². The van der Waals surface area contributed by atoms with E-state index in [1.165, 1.54) is 4.46 Å². The molecule has 0 radical (unpaired) electrons. The van der Waals surface area contributed by atoms with Gasteiger partial charge >= 0.3 is 86.9 Å². The van der Waals surface area contributed by atoms with E-state index in [4.69, 9.17) is 5.11 Å². The standard InChI is InChI=1S/C9H9BrOSe/c10-8(6-11)7-12-9-4-2-1-3-5-9/h1-5,7,11H,6H2/b8-7-. The summed E-state index contributed by atoms with van der Waals surface area (Å²) in [5.41, 5.74) is 0. The Hall–Kier alpha value is -0.0805. The van der Waals surface area contributed by atoms with Crippen LogP contribution in [0.2, 0.25) is 0 Å². The molecule has 0 saturated heterocycles. The Bertz CT molecular complexity index is 258. The van der Waals surface area contributed by atoms with Crippen LogP contribution in [0.1, 0.15) is 0 Å². The summed E-state index contributed by atoms with van der Waals surface area (Å²) >= 11 is 3.58. The van der Waals surface area contributed by atoms with Gasteiger partial charge in [0.25, 0.3) is 0 Å². The summed E-state index contributed by atoms with van der Waals surface area (Å²) in [5, 5.41) is 8.71. The minimum absolute atomic E-state index is 0.0918. The third-order valence-electron chi connectivity index (χ3n) is 1.22. The van der Waals surface area contributed by atoms with Gasteiger partial charge in [0, 0.05) is 0 Å². The van der Waals surface area contributed by atoms with Gasteiger partial charge in [-0.25, -0.2) is 0 Å². The molecule has 0 aliphatic rings. The molecule has 0 unspecified atom stereocenters. The zero-order valence-electron chi connectivity index (χ0n) is 6.40. The Morgan fingerprint density at radius 1 is 1.42 bits per heavy atom. The summed E-state index contributed by atoms with van der Waals surface area (Å²) in [5.74, 6) is 0. The van der Waals surface area contributed by atoms with Gasteiger partial charge in [-0.05, 0) is 0 Å². The summed E-state index contributed by atoms with van der Waals surface area (Å²) in [7, 11) is 0. The molecule has 1 nitrogen and oxygen atoms in total. The van der Waals surface area contributed by atoms with Crippen LogP contribution in [0.25, 0.3) is 0 Å². The Balaban J connectivity index is 2.54. The van der Waals surface area contributed by atoms with Gasteiger partial charge in [0.1, 0.15) is 0 Å². The van der Waals surface area contributed by atoms with Crippen LogP contribution in [-0.4, -0.2) is 26.7 Å². The first-order valence-electron chi connectivity index (χ1n) is 3.50. The van der Waals surface area contributed by atoms with E-state index >= 15 is 0 Å². The van der Waals surface area contributed by atoms with Gasteiger partial charge in [0.15, 0.2) is 0 Å². The Morgan fingerprint density at radius 3 is 2.67 bits per heavy atom. The van der Waals surface area contributed by atoms with Gasteiger partial charge < -0.3 is 0 Å².